The Morgan fingerprint density at radius 3 is 0.738 bits per heavy atom. The monoisotopic (exact) mass is 598 g/mol. The van der Waals surface area contributed by atoms with Gasteiger partial charge in [0.2, 0.25) is 0 Å². The Balaban J connectivity index is 1.99. The van der Waals surface area contributed by atoms with Crippen molar-refractivity contribution < 1.29 is 0 Å². The Morgan fingerprint density at radius 1 is 0.357 bits per heavy atom. The maximum absolute atomic E-state index is 2.52. The Kier molecular flexibility index (Phi) is 10.6. The first-order valence-electron chi connectivity index (χ1n) is 14.7. The Hall–Kier alpha value is -3.06. The highest BCUT2D eigenvalue weighted by molar-refractivity contribution is 7.78. The van der Waals surface area contributed by atoms with Gasteiger partial charge in [0, 0.05) is 100 Å². The van der Waals surface area contributed by atoms with Crippen LogP contribution in [0.2, 0.25) is 0 Å². The molecule has 4 rings (SSSR count). The number of rotatable bonds is 11. The lowest BCUT2D eigenvalue weighted by molar-refractivity contribution is 0.911. The van der Waals surface area contributed by atoms with Gasteiger partial charge in [0.05, 0.1) is 0 Å². The minimum atomic E-state index is -0.715. The second-order valence-corrected chi connectivity index (χ2v) is 16.8. The fourth-order valence-electron chi connectivity index (χ4n) is 5.75. The molecule has 42 heavy (non-hydrogen) atoms. The smallest absolute Gasteiger partial charge is 0.0442 e. The number of hydrogen-bond donors (Lipinski definition) is 0. The maximum Gasteiger partial charge on any atom is 0.0442 e. The Morgan fingerprint density at radius 2 is 0.548 bits per heavy atom. The predicted octanol–water partition coefficient (Wildman–Crippen LogP) is 6.29. The molecule has 2 atom stereocenters. The maximum atomic E-state index is 2.52. The number of hydrogen-bond acceptors (Lipinski definition) is 4. The molecule has 0 N–H and O–H groups in total. The van der Waals surface area contributed by atoms with Gasteiger partial charge in [0.25, 0.3) is 0 Å². The fraction of sp³-hybridized carbons (Fsp3) is 0.333. The van der Waals surface area contributed by atoms with Crippen LogP contribution in [0.1, 0.15) is 13.8 Å². The highest BCUT2D eigenvalue weighted by atomic mass is 31.1. The molecule has 0 saturated heterocycles. The zero-order valence-electron chi connectivity index (χ0n) is 27.1. The number of nitrogens with zero attached hydrogens (tertiary/aromatic N) is 4. The summed E-state index contributed by atoms with van der Waals surface area (Å²) in [7, 11) is 15.9. The second kappa shape index (κ2) is 13.9. The number of para-hydroxylation sites is 4. The van der Waals surface area contributed by atoms with Crippen LogP contribution >= 0.6 is 15.8 Å². The summed E-state index contributed by atoms with van der Waals surface area (Å²) in [6.07, 6.45) is 0. The van der Waals surface area contributed by atoms with Crippen LogP contribution in [0, 0.1) is 0 Å². The second-order valence-electron chi connectivity index (χ2n) is 11.8. The first-order chi connectivity index (χ1) is 20.0. The van der Waals surface area contributed by atoms with E-state index in [0.29, 0.717) is 11.3 Å². The largest absolute Gasteiger partial charge is 0.377 e. The predicted molar refractivity (Wildman–Crippen MR) is 194 cm³/mol. The molecule has 0 aliphatic rings. The van der Waals surface area contributed by atoms with E-state index >= 15 is 0 Å². The standard InChI is InChI=1S/C36H48N4P2/c1-27(41(33-23-15-11-19-29(33)37(3)4)34-24-16-12-20-30(34)38(5)6)28(2)42(35-25-17-13-21-31(35)39(7)8)36-26-18-14-22-32(36)40(9)10/h11-28H,1-10H3. The van der Waals surface area contributed by atoms with Crippen LogP contribution in [0.15, 0.2) is 97.1 Å². The van der Waals surface area contributed by atoms with Crippen molar-refractivity contribution in [2.24, 2.45) is 0 Å². The van der Waals surface area contributed by atoms with Gasteiger partial charge in [-0.05, 0) is 51.4 Å². The molecule has 4 aromatic carbocycles. The topological polar surface area (TPSA) is 13.0 Å². The first-order valence-corrected chi connectivity index (χ1v) is 17.5. The molecule has 0 heterocycles. The van der Waals surface area contributed by atoms with Crippen molar-refractivity contribution in [3.8, 4) is 0 Å². The van der Waals surface area contributed by atoms with Gasteiger partial charge in [-0.1, -0.05) is 86.6 Å². The van der Waals surface area contributed by atoms with E-state index in [2.05, 4.69) is 187 Å². The van der Waals surface area contributed by atoms with Gasteiger partial charge in [-0.3, -0.25) is 0 Å². The fourth-order valence-corrected chi connectivity index (χ4v) is 12.8. The quantitative estimate of drug-likeness (QED) is 0.188. The molecule has 0 bridgehead atoms. The van der Waals surface area contributed by atoms with Crippen molar-refractivity contribution in [2.75, 3.05) is 76.0 Å². The van der Waals surface area contributed by atoms with Crippen molar-refractivity contribution in [2.45, 2.75) is 25.2 Å². The number of benzene rings is 4. The van der Waals surface area contributed by atoms with Gasteiger partial charge < -0.3 is 19.6 Å². The molecule has 222 valence electrons. The summed E-state index contributed by atoms with van der Waals surface area (Å²) in [5, 5.41) is 5.79. The van der Waals surface area contributed by atoms with Crippen molar-refractivity contribution in [1.82, 2.24) is 0 Å². The van der Waals surface area contributed by atoms with Crippen molar-refractivity contribution >= 4 is 59.8 Å². The molecule has 4 nitrogen and oxygen atoms in total. The van der Waals surface area contributed by atoms with Crippen LogP contribution in [0.3, 0.4) is 0 Å². The van der Waals surface area contributed by atoms with Crippen LogP contribution in [-0.2, 0) is 0 Å². The summed E-state index contributed by atoms with van der Waals surface area (Å²) >= 11 is 0. The van der Waals surface area contributed by atoms with E-state index in [0.717, 1.165) is 0 Å². The van der Waals surface area contributed by atoms with Gasteiger partial charge in [-0.25, -0.2) is 0 Å². The highest BCUT2D eigenvalue weighted by Gasteiger charge is 2.36. The molecule has 0 aliphatic carbocycles. The molecular formula is C36H48N4P2. The van der Waals surface area contributed by atoms with Gasteiger partial charge >= 0.3 is 0 Å². The third kappa shape index (κ3) is 6.61. The molecule has 0 radical (unpaired) electrons. The molecule has 0 amide bonds. The Labute approximate surface area is 257 Å². The van der Waals surface area contributed by atoms with E-state index in [-0.39, 0.29) is 0 Å². The van der Waals surface area contributed by atoms with Gasteiger partial charge in [0.1, 0.15) is 0 Å². The van der Waals surface area contributed by atoms with E-state index in [9.17, 15) is 0 Å². The van der Waals surface area contributed by atoms with Gasteiger partial charge in [-0.15, -0.1) is 0 Å². The van der Waals surface area contributed by atoms with E-state index in [1.54, 1.807) is 0 Å². The highest BCUT2D eigenvalue weighted by Crippen LogP contribution is 2.55. The normalized spacial score (nSPS) is 12.8. The number of anilines is 4. The molecule has 2 unspecified atom stereocenters. The zero-order valence-corrected chi connectivity index (χ0v) is 28.9. The summed E-state index contributed by atoms with van der Waals surface area (Å²) in [5.41, 5.74) is 6.04. The van der Waals surface area contributed by atoms with E-state index in [1.807, 2.05) is 0 Å². The van der Waals surface area contributed by atoms with Crippen LogP contribution in [0.4, 0.5) is 22.7 Å². The van der Waals surface area contributed by atoms with Gasteiger partial charge in [-0.2, -0.15) is 0 Å². The lowest BCUT2D eigenvalue weighted by atomic mass is 10.3. The minimum absolute atomic E-state index is 0.402. The third-order valence-electron chi connectivity index (χ3n) is 8.00. The molecule has 0 aromatic heterocycles. The SMILES string of the molecule is CC(C(C)P(c1ccccc1N(C)C)c1ccccc1N(C)C)P(c1ccccc1N(C)C)c1ccccc1N(C)C. The summed E-state index contributed by atoms with van der Waals surface area (Å²) in [4.78, 5) is 9.13. The minimum Gasteiger partial charge on any atom is -0.377 e. The van der Waals surface area contributed by atoms with Crippen molar-refractivity contribution in [3.63, 3.8) is 0 Å². The first kappa shape index (κ1) is 31.9. The van der Waals surface area contributed by atoms with Crippen molar-refractivity contribution in [1.29, 1.82) is 0 Å². The van der Waals surface area contributed by atoms with E-state index in [1.165, 1.54) is 44.0 Å². The molecule has 4 aromatic rings. The summed E-state index contributed by atoms with van der Waals surface area (Å²) < 4.78 is 0. The van der Waals surface area contributed by atoms with Crippen LogP contribution in [-0.4, -0.2) is 67.7 Å². The molecule has 0 saturated carbocycles. The molecule has 6 heteroatoms. The summed E-state index contributed by atoms with van der Waals surface area (Å²) in [6, 6.07) is 36.2. The van der Waals surface area contributed by atoms with Gasteiger partial charge in [0.15, 0.2) is 0 Å². The summed E-state index contributed by atoms with van der Waals surface area (Å²) in [6.45, 7) is 5.03. The van der Waals surface area contributed by atoms with Crippen molar-refractivity contribution in [3.05, 3.63) is 97.1 Å². The molecule has 0 spiro atoms. The van der Waals surface area contributed by atoms with E-state index in [4.69, 9.17) is 0 Å². The third-order valence-corrected chi connectivity index (χ3v) is 14.4. The lowest BCUT2D eigenvalue weighted by Gasteiger charge is -2.39. The molecule has 0 fully saturated rings. The van der Waals surface area contributed by atoms with Crippen LogP contribution in [0.25, 0.3) is 0 Å². The average Bonchev–Trinajstić information content (AvgIpc) is 2.98. The van der Waals surface area contributed by atoms with Crippen LogP contribution < -0.4 is 40.8 Å². The molecule has 0 aliphatic heterocycles. The zero-order chi connectivity index (χ0) is 30.6. The van der Waals surface area contributed by atoms with E-state index < -0.39 is 15.8 Å². The molecular weight excluding hydrogens is 550 g/mol. The van der Waals surface area contributed by atoms with Crippen LogP contribution in [0.5, 0.6) is 0 Å². The summed E-state index contributed by atoms with van der Waals surface area (Å²) in [5.74, 6) is 0. The Bertz CT molecular complexity index is 1250. The average molecular weight is 599 g/mol. The lowest BCUT2D eigenvalue weighted by Crippen LogP contribution is -2.36.